The number of nitrogens with one attached hydrogen (secondary N) is 2. The molecule has 0 aliphatic carbocycles. The van der Waals surface area contributed by atoms with Crippen LogP contribution in [0.2, 0.25) is 0 Å². The highest BCUT2D eigenvalue weighted by molar-refractivity contribution is 7.89. The molecule has 0 saturated carbocycles. The van der Waals surface area contributed by atoms with E-state index in [1.165, 1.54) is 6.07 Å². The zero-order chi connectivity index (χ0) is 23.6. The van der Waals surface area contributed by atoms with E-state index in [2.05, 4.69) is 15.2 Å². The lowest BCUT2D eigenvalue weighted by Crippen LogP contribution is -2.27. The Balaban J connectivity index is 1.75. The summed E-state index contributed by atoms with van der Waals surface area (Å²) in [7, 11) is -3.97. The fourth-order valence-corrected chi connectivity index (χ4v) is 4.07. The number of carbonyl (C=O) groups is 1. The van der Waals surface area contributed by atoms with Crippen molar-refractivity contribution in [3.8, 4) is 0 Å². The van der Waals surface area contributed by atoms with E-state index in [-0.39, 0.29) is 16.0 Å². The van der Waals surface area contributed by atoms with Crippen LogP contribution in [0.5, 0.6) is 0 Å². The normalized spacial score (nSPS) is 12.0. The number of sulfonamides is 1. The molecular weight excluding hydrogens is 438 g/mol. The zero-order valence-electron chi connectivity index (χ0n) is 18.4. The summed E-state index contributed by atoms with van der Waals surface area (Å²) < 4.78 is 31.4. The minimum atomic E-state index is -3.97. The third-order valence-electron chi connectivity index (χ3n) is 5.27. The second-order valence-corrected chi connectivity index (χ2v) is 9.44. The molecule has 3 aromatic carbocycles. The van der Waals surface area contributed by atoms with Crippen LogP contribution in [0.15, 0.2) is 87.2 Å². The molecular formula is C25H23N3O4S. The first-order valence-electron chi connectivity index (χ1n) is 10.3. The molecule has 0 bridgehead atoms. The molecule has 1 heterocycles. The summed E-state index contributed by atoms with van der Waals surface area (Å²) in [6.45, 7) is 5.68. The van der Waals surface area contributed by atoms with Crippen molar-refractivity contribution in [2.75, 3.05) is 5.32 Å². The Morgan fingerprint density at radius 2 is 1.61 bits per heavy atom. The van der Waals surface area contributed by atoms with Crippen molar-refractivity contribution in [3.63, 3.8) is 0 Å². The minimum Gasteiger partial charge on any atom is -0.436 e. The molecule has 4 rings (SSSR count). The van der Waals surface area contributed by atoms with Gasteiger partial charge in [-0.1, -0.05) is 42.0 Å². The number of hydrogen-bond acceptors (Lipinski definition) is 5. The Hall–Kier alpha value is -3.91. The maximum atomic E-state index is 13.0. The van der Waals surface area contributed by atoms with Gasteiger partial charge in [-0.2, -0.15) is 13.2 Å². The highest BCUT2D eigenvalue weighted by atomic mass is 32.2. The van der Waals surface area contributed by atoms with Gasteiger partial charge in [0.15, 0.2) is 0 Å². The van der Waals surface area contributed by atoms with Crippen LogP contribution in [0, 0.1) is 20.8 Å². The number of amides is 1. The van der Waals surface area contributed by atoms with Crippen molar-refractivity contribution in [2.45, 2.75) is 25.7 Å². The van der Waals surface area contributed by atoms with E-state index in [9.17, 15) is 13.2 Å². The Bertz CT molecular complexity index is 1520. The monoisotopic (exact) mass is 461 g/mol. The Labute approximate surface area is 191 Å². The molecule has 0 fully saturated rings. The van der Waals surface area contributed by atoms with Crippen molar-refractivity contribution in [1.29, 1.82) is 0 Å². The van der Waals surface area contributed by atoms with Gasteiger partial charge in [0.05, 0.1) is 4.90 Å². The van der Waals surface area contributed by atoms with Gasteiger partial charge in [0.2, 0.25) is 5.55 Å². The van der Waals surface area contributed by atoms with Gasteiger partial charge in [-0.05, 0) is 68.3 Å². The number of rotatable bonds is 5. The third-order valence-corrected chi connectivity index (χ3v) is 6.47. The summed E-state index contributed by atoms with van der Waals surface area (Å²) in [4.78, 5) is 15.3. The first-order valence-corrected chi connectivity index (χ1v) is 11.7. The van der Waals surface area contributed by atoms with E-state index in [4.69, 9.17) is 4.42 Å². The summed E-state index contributed by atoms with van der Waals surface area (Å²) >= 11 is 0. The standard InChI is InChI=1S/C25H23N3O4S/c1-16-8-11-20(12-9-16)26-24(29)22-15-19-6-4-5-7-23(19)32-25(22)27-28-33(30,31)21-13-10-17(2)18(3)14-21/h4-15,28H,1-3H3,(H,26,29)/b27-25+. The molecule has 168 valence electrons. The SMILES string of the molecule is Cc1ccc(NC(=O)c2cc3ccccc3o/c2=N/NS(=O)(=O)c2ccc(C)c(C)c2)cc1. The number of anilines is 1. The summed E-state index contributed by atoms with van der Waals surface area (Å²) in [5, 5.41) is 7.45. The van der Waals surface area contributed by atoms with Crippen molar-refractivity contribution in [3.05, 3.63) is 101 Å². The summed E-state index contributed by atoms with van der Waals surface area (Å²) in [5.41, 5.74) is 3.89. The third kappa shape index (κ3) is 4.96. The molecule has 0 spiro atoms. The van der Waals surface area contributed by atoms with Gasteiger partial charge in [0, 0.05) is 11.1 Å². The van der Waals surface area contributed by atoms with Gasteiger partial charge < -0.3 is 9.73 Å². The first-order chi connectivity index (χ1) is 15.7. The van der Waals surface area contributed by atoms with Gasteiger partial charge in [-0.15, -0.1) is 5.10 Å². The Morgan fingerprint density at radius 1 is 0.879 bits per heavy atom. The number of aryl methyl sites for hydroxylation is 3. The molecule has 1 aromatic heterocycles. The van der Waals surface area contributed by atoms with Crippen molar-refractivity contribution < 1.29 is 17.6 Å². The highest BCUT2D eigenvalue weighted by Crippen LogP contribution is 2.16. The first kappa shape index (κ1) is 22.3. The van der Waals surface area contributed by atoms with E-state index in [0.29, 0.717) is 16.7 Å². The minimum absolute atomic E-state index is 0.0702. The molecule has 0 atom stereocenters. The van der Waals surface area contributed by atoms with Crippen LogP contribution in [0.4, 0.5) is 5.69 Å². The van der Waals surface area contributed by atoms with Gasteiger partial charge in [-0.3, -0.25) is 4.79 Å². The summed E-state index contributed by atoms with van der Waals surface area (Å²) in [6.07, 6.45) is 0. The second-order valence-electron chi connectivity index (χ2n) is 7.78. The van der Waals surface area contributed by atoms with Crippen LogP contribution >= 0.6 is 0 Å². The number of carbonyl (C=O) groups excluding carboxylic acids is 1. The van der Waals surface area contributed by atoms with E-state index < -0.39 is 15.9 Å². The largest absolute Gasteiger partial charge is 0.436 e. The maximum absolute atomic E-state index is 13.0. The van der Waals surface area contributed by atoms with Crippen LogP contribution in [0.3, 0.4) is 0 Å². The summed E-state index contributed by atoms with van der Waals surface area (Å²) in [5.74, 6) is -0.475. The van der Waals surface area contributed by atoms with Crippen LogP contribution in [0.25, 0.3) is 11.0 Å². The smallest absolute Gasteiger partial charge is 0.276 e. The lowest BCUT2D eigenvalue weighted by molar-refractivity contribution is 0.102. The molecule has 0 saturated heterocycles. The van der Waals surface area contributed by atoms with Crippen molar-refractivity contribution in [2.24, 2.45) is 5.10 Å². The molecule has 0 unspecified atom stereocenters. The van der Waals surface area contributed by atoms with Crippen LogP contribution < -0.4 is 15.7 Å². The van der Waals surface area contributed by atoms with Gasteiger partial charge in [-0.25, -0.2) is 0 Å². The lowest BCUT2D eigenvalue weighted by Gasteiger charge is -2.08. The van der Waals surface area contributed by atoms with Crippen molar-refractivity contribution >= 4 is 32.6 Å². The fourth-order valence-electron chi connectivity index (χ4n) is 3.19. The topological polar surface area (TPSA) is 101 Å². The van der Waals surface area contributed by atoms with Crippen molar-refractivity contribution in [1.82, 2.24) is 4.83 Å². The van der Waals surface area contributed by atoms with Gasteiger partial charge in [0.1, 0.15) is 11.1 Å². The number of para-hydroxylation sites is 1. The van der Waals surface area contributed by atoms with E-state index in [1.54, 1.807) is 48.5 Å². The van der Waals surface area contributed by atoms with E-state index in [0.717, 1.165) is 16.7 Å². The molecule has 0 aliphatic heterocycles. The number of benzene rings is 3. The van der Waals surface area contributed by atoms with E-state index in [1.807, 2.05) is 39.0 Å². The quantitative estimate of drug-likeness (QED) is 0.430. The Kier molecular flexibility index (Phi) is 6.02. The number of fused-ring (bicyclic) bond motifs is 1. The Morgan fingerprint density at radius 3 is 2.33 bits per heavy atom. The van der Waals surface area contributed by atoms with Gasteiger partial charge in [0.25, 0.3) is 15.9 Å². The maximum Gasteiger partial charge on any atom is 0.276 e. The average Bonchev–Trinajstić information content (AvgIpc) is 2.80. The highest BCUT2D eigenvalue weighted by Gasteiger charge is 2.17. The average molecular weight is 462 g/mol. The molecule has 0 radical (unpaired) electrons. The van der Waals surface area contributed by atoms with Gasteiger partial charge >= 0.3 is 0 Å². The predicted molar refractivity (Wildman–Crippen MR) is 127 cm³/mol. The van der Waals surface area contributed by atoms with Crippen LogP contribution in [-0.4, -0.2) is 14.3 Å². The zero-order valence-corrected chi connectivity index (χ0v) is 19.2. The second kappa shape index (κ2) is 8.91. The number of hydrogen-bond donors (Lipinski definition) is 2. The molecule has 7 nitrogen and oxygen atoms in total. The molecule has 1 amide bonds. The van der Waals surface area contributed by atoms with Crippen LogP contribution in [0.1, 0.15) is 27.0 Å². The molecule has 8 heteroatoms. The molecule has 33 heavy (non-hydrogen) atoms. The van der Waals surface area contributed by atoms with E-state index >= 15 is 0 Å². The fraction of sp³-hybridized carbons (Fsp3) is 0.120. The molecule has 2 N–H and O–H groups in total. The molecule has 4 aromatic rings. The summed E-state index contributed by atoms with van der Waals surface area (Å²) in [6, 6.07) is 20.8. The predicted octanol–water partition coefficient (Wildman–Crippen LogP) is 4.40. The molecule has 0 aliphatic rings. The number of nitrogens with zero attached hydrogens (tertiary/aromatic N) is 1. The lowest BCUT2D eigenvalue weighted by atomic mass is 10.1. The van der Waals surface area contributed by atoms with Crippen LogP contribution in [-0.2, 0) is 10.0 Å².